The Labute approximate surface area is 112 Å². The van der Waals surface area contributed by atoms with Crippen LogP contribution in [-0.4, -0.2) is 12.6 Å². The molecule has 0 atom stereocenters. The zero-order valence-corrected chi connectivity index (χ0v) is 11.5. The van der Waals surface area contributed by atoms with Gasteiger partial charge in [-0.25, -0.2) is 4.79 Å². The van der Waals surface area contributed by atoms with Crippen molar-refractivity contribution >= 4 is 22.5 Å². The molecule has 0 spiro atoms. The Morgan fingerprint density at radius 3 is 2.74 bits per heavy atom. The maximum atomic E-state index is 11.6. The van der Waals surface area contributed by atoms with Crippen LogP contribution < -0.4 is 0 Å². The molecule has 19 heavy (non-hydrogen) atoms. The lowest BCUT2D eigenvalue weighted by Crippen LogP contribution is -2.02. The van der Waals surface area contributed by atoms with E-state index < -0.39 is 5.97 Å². The predicted molar refractivity (Wildman–Crippen MR) is 76.1 cm³/mol. The Kier molecular flexibility index (Phi) is 4.05. The number of carbonyl (C=O) groups is 1. The molecule has 0 bridgehead atoms. The molecule has 0 unspecified atom stereocenters. The largest absolute Gasteiger partial charge is 0.460 e. The molecule has 1 aromatic carbocycles. The van der Waals surface area contributed by atoms with Crippen molar-refractivity contribution in [1.29, 1.82) is 0 Å². The molecule has 0 aliphatic heterocycles. The molecular weight excluding hydrogens is 240 g/mol. The number of rotatable bonds is 4. The van der Waals surface area contributed by atoms with E-state index in [0.717, 1.165) is 17.4 Å². The standard InChI is InChI=1S/C16H18O3/c1-4-11(5-2)12-7-8-14-13(9-12)10-15(19-14)16(17)18-6-3/h4,7-10H,5-6H2,1-3H3. The molecule has 2 aromatic rings. The fourth-order valence-electron chi connectivity index (χ4n) is 2.12. The summed E-state index contributed by atoms with van der Waals surface area (Å²) in [6.07, 6.45) is 3.08. The zero-order chi connectivity index (χ0) is 13.8. The van der Waals surface area contributed by atoms with Gasteiger partial charge in [0.1, 0.15) is 5.58 Å². The number of furan rings is 1. The lowest BCUT2D eigenvalue weighted by atomic mass is 10.0. The number of carbonyl (C=O) groups excluding carboxylic acids is 1. The summed E-state index contributed by atoms with van der Waals surface area (Å²) in [5, 5.41) is 0.924. The van der Waals surface area contributed by atoms with Crippen LogP contribution in [0.1, 0.15) is 43.3 Å². The number of ether oxygens (including phenoxy) is 1. The summed E-state index contributed by atoms with van der Waals surface area (Å²) in [4.78, 5) is 11.6. The van der Waals surface area contributed by atoms with Crippen LogP contribution in [0.4, 0.5) is 0 Å². The van der Waals surface area contributed by atoms with Crippen LogP contribution >= 0.6 is 0 Å². The van der Waals surface area contributed by atoms with Crippen molar-refractivity contribution in [3.05, 3.63) is 41.7 Å². The highest BCUT2D eigenvalue weighted by atomic mass is 16.5. The summed E-state index contributed by atoms with van der Waals surface area (Å²) >= 11 is 0. The molecule has 0 radical (unpaired) electrons. The minimum Gasteiger partial charge on any atom is -0.460 e. The zero-order valence-electron chi connectivity index (χ0n) is 11.5. The molecule has 0 amide bonds. The molecule has 1 heterocycles. The molecule has 1 aromatic heterocycles. The topological polar surface area (TPSA) is 39.4 Å². The molecule has 100 valence electrons. The third kappa shape index (κ3) is 2.70. The van der Waals surface area contributed by atoms with E-state index in [1.54, 1.807) is 13.0 Å². The van der Waals surface area contributed by atoms with Gasteiger partial charge in [0.15, 0.2) is 0 Å². The molecule has 0 aliphatic rings. The van der Waals surface area contributed by atoms with Crippen molar-refractivity contribution in [3.63, 3.8) is 0 Å². The van der Waals surface area contributed by atoms with Crippen molar-refractivity contribution in [1.82, 2.24) is 0 Å². The van der Waals surface area contributed by atoms with Crippen LogP contribution in [0.3, 0.4) is 0 Å². The normalized spacial score (nSPS) is 11.8. The second kappa shape index (κ2) is 5.74. The van der Waals surface area contributed by atoms with Gasteiger partial charge in [-0.3, -0.25) is 0 Å². The third-order valence-corrected chi connectivity index (χ3v) is 3.09. The van der Waals surface area contributed by atoms with Crippen LogP contribution in [0.5, 0.6) is 0 Å². The van der Waals surface area contributed by atoms with E-state index in [9.17, 15) is 4.79 Å². The van der Waals surface area contributed by atoms with E-state index in [1.807, 2.05) is 25.1 Å². The Morgan fingerprint density at radius 1 is 1.32 bits per heavy atom. The summed E-state index contributed by atoms with van der Waals surface area (Å²) in [7, 11) is 0. The fraction of sp³-hybridized carbons (Fsp3) is 0.312. The number of hydrogen-bond acceptors (Lipinski definition) is 3. The first kappa shape index (κ1) is 13.4. The van der Waals surface area contributed by atoms with Crippen molar-refractivity contribution in [2.45, 2.75) is 27.2 Å². The lowest BCUT2D eigenvalue weighted by molar-refractivity contribution is 0.0492. The summed E-state index contributed by atoms with van der Waals surface area (Å²) < 4.78 is 10.4. The SMILES string of the molecule is CC=C(CC)c1ccc2oc(C(=O)OCC)cc2c1. The Morgan fingerprint density at radius 2 is 2.11 bits per heavy atom. The summed E-state index contributed by atoms with van der Waals surface area (Å²) in [6.45, 7) is 6.28. The number of esters is 1. The molecule has 0 fully saturated rings. The van der Waals surface area contributed by atoms with Gasteiger partial charge in [-0.1, -0.05) is 19.1 Å². The van der Waals surface area contributed by atoms with Gasteiger partial charge in [-0.15, -0.1) is 0 Å². The van der Waals surface area contributed by atoms with Crippen molar-refractivity contribution < 1.29 is 13.9 Å². The predicted octanol–water partition coefficient (Wildman–Crippen LogP) is 4.42. The second-order valence-electron chi connectivity index (χ2n) is 4.25. The molecular formula is C16H18O3. The number of hydrogen-bond donors (Lipinski definition) is 0. The molecule has 2 rings (SSSR count). The first-order chi connectivity index (χ1) is 9.19. The van der Waals surface area contributed by atoms with Gasteiger partial charge in [0.25, 0.3) is 0 Å². The van der Waals surface area contributed by atoms with Gasteiger partial charge in [0.2, 0.25) is 5.76 Å². The van der Waals surface area contributed by atoms with Gasteiger partial charge in [-0.2, -0.15) is 0 Å². The first-order valence-electron chi connectivity index (χ1n) is 6.55. The average Bonchev–Trinajstić information content (AvgIpc) is 2.83. The molecule has 0 aliphatic carbocycles. The molecule has 0 N–H and O–H groups in total. The van der Waals surface area contributed by atoms with E-state index in [-0.39, 0.29) is 5.76 Å². The molecule has 3 heteroatoms. The van der Waals surface area contributed by atoms with Crippen molar-refractivity contribution in [2.75, 3.05) is 6.61 Å². The van der Waals surface area contributed by atoms with Crippen LogP contribution in [0.15, 0.2) is 34.8 Å². The number of benzene rings is 1. The van der Waals surface area contributed by atoms with E-state index in [1.165, 1.54) is 5.57 Å². The maximum absolute atomic E-state index is 11.6. The molecule has 3 nitrogen and oxygen atoms in total. The lowest BCUT2D eigenvalue weighted by Gasteiger charge is -2.03. The summed E-state index contributed by atoms with van der Waals surface area (Å²) in [5.74, 6) is -0.158. The van der Waals surface area contributed by atoms with Crippen molar-refractivity contribution in [2.24, 2.45) is 0 Å². The summed E-state index contributed by atoms with van der Waals surface area (Å²) in [5.41, 5.74) is 3.15. The van der Waals surface area contributed by atoms with E-state index in [4.69, 9.17) is 9.15 Å². The highest BCUT2D eigenvalue weighted by Gasteiger charge is 2.13. The first-order valence-corrected chi connectivity index (χ1v) is 6.55. The van der Waals surface area contributed by atoms with E-state index in [2.05, 4.69) is 13.0 Å². The van der Waals surface area contributed by atoms with Crippen LogP contribution in [0, 0.1) is 0 Å². The van der Waals surface area contributed by atoms with Gasteiger partial charge in [-0.05, 0) is 49.6 Å². The fourth-order valence-corrected chi connectivity index (χ4v) is 2.12. The number of fused-ring (bicyclic) bond motifs is 1. The number of allylic oxidation sites excluding steroid dienone is 2. The third-order valence-electron chi connectivity index (χ3n) is 3.09. The second-order valence-corrected chi connectivity index (χ2v) is 4.25. The Bertz CT molecular complexity index is 620. The highest BCUT2D eigenvalue weighted by molar-refractivity contribution is 5.93. The van der Waals surface area contributed by atoms with E-state index in [0.29, 0.717) is 12.2 Å². The Hall–Kier alpha value is -2.03. The average molecular weight is 258 g/mol. The molecule has 0 saturated heterocycles. The molecule has 0 saturated carbocycles. The maximum Gasteiger partial charge on any atom is 0.374 e. The van der Waals surface area contributed by atoms with E-state index >= 15 is 0 Å². The smallest absolute Gasteiger partial charge is 0.374 e. The van der Waals surface area contributed by atoms with Crippen LogP contribution in [0.25, 0.3) is 16.5 Å². The minimum atomic E-state index is -0.415. The van der Waals surface area contributed by atoms with Gasteiger partial charge < -0.3 is 9.15 Å². The monoisotopic (exact) mass is 258 g/mol. The van der Waals surface area contributed by atoms with Gasteiger partial charge in [0.05, 0.1) is 6.61 Å². The highest BCUT2D eigenvalue weighted by Crippen LogP contribution is 2.26. The van der Waals surface area contributed by atoms with Crippen LogP contribution in [-0.2, 0) is 4.74 Å². The minimum absolute atomic E-state index is 0.257. The van der Waals surface area contributed by atoms with Crippen molar-refractivity contribution in [3.8, 4) is 0 Å². The van der Waals surface area contributed by atoms with Crippen LogP contribution in [0.2, 0.25) is 0 Å². The van der Waals surface area contributed by atoms with Gasteiger partial charge in [0, 0.05) is 5.39 Å². The summed E-state index contributed by atoms with van der Waals surface area (Å²) in [6, 6.07) is 7.69. The quantitative estimate of drug-likeness (QED) is 0.762. The Balaban J connectivity index is 2.41. The van der Waals surface area contributed by atoms with Gasteiger partial charge >= 0.3 is 5.97 Å².